The van der Waals surface area contributed by atoms with Crippen molar-refractivity contribution in [3.8, 4) is 0 Å². The van der Waals surface area contributed by atoms with E-state index >= 15 is 0 Å². The molecule has 5 heteroatoms. The van der Waals surface area contributed by atoms with Crippen molar-refractivity contribution in [3.05, 3.63) is 37.9 Å². The van der Waals surface area contributed by atoms with Crippen LogP contribution in [0.3, 0.4) is 0 Å². The maximum atomic E-state index is 5.85. The number of thiazole rings is 1. The summed E-state index contributed by atoms with van der Waals surface area (Å²) in [7, 11) is 0. The summed E-state index contributed by atoms with van der Waals surface area (Å²) in [6, 6.07) is 2.29. The highest BCUT2D eigenvalue weighted by atomic mass is 35.5. The van der Waals surface area contributed by atoms with Crippen LogP contribution in [0.2, 0.25) is 5.02 Å². The molecular formula is C10H11ClN2S2. The summed E-state index contributed by atoms with van der Waals surface area (Å²) >= 11 is 9.20. The number of aromatic nitrogens is 1. The lowest BCUT2D eigenvalue weighted by Gasteiger charge is -2.09. The van der Waals surface area contributed by atoms with Crippen LogP contribution >= 0.6 is 34.3 Å². The Bertz CT molecular complexity index is 411. The fraction of sp³-hybridized carbons (Fsp3) is 0.300. The molecule has 2 heterocycles. The van der Waals surface area contributed by atoms with E-state index in [0.717, 1.165) is 16.6 Å². The zero-order valence-electron chi connectivity index (χ0n) is 8.24. The Balaban J connectivity index is 1.88. The van der Waals surface area contributed by atoms with E-state index in [1.807, 2.05) is 23.0 Å². The molecule has 0 saturated heterocycles. The van der Waals surface area contributed by atoms with Gasteiger partial charge in [0, 0.05) is 28.4 Å². The van der Waals surface area contributed by atoms with Crippen LogP contribution in [-0.4, -0.2) is 4.98 Å². The van der Waals surface area contributed by atoms with Crippen LogP contribution in [-0.2, 0) is 6.54 Å². The normalized spacial score (nSPS) is 12.9. The summed E-state index contributed by atoms with van der Waals surface area (Å²) in [4.78, 5) is 5.52. The van der Waals surface area contributed by atoms with Gasteiger partial charge in [-0.1, -0.05) is 11.6 Å². The lowest BCUT2D eigenvalue weighted by molar-refractivity contribution is 0.576. The molecule has 80 valence electrons. The predicted octanol–water partition coefficient (Wildman–Crippen LogP) is 3.71. The third-order valence-electron chi connectivity index (χ3n) is 2.03. The molecule has 0 aliphatic rings. The molecule has 15 heavy (non-hydrogen) atoms. The van der Waals surface area contributed by atoms with Crippen LogP contribution in [0.15, 0.2) is 23.0 Å². The van der Waals surface area contributed by atoms with E-state index in [0.29, 0.717) is 6.04 Å². The summed E-state index contributed by atoms with van der Waals surface area (Å²) < 4.78 is 0. The van der Waals surface area contributed by atoms with Crippen LogP contribution in [0.25, 0.3) is 0 Å². The van der Waals surface area contributed by atoms with Gasteiger partial charge in [0.05, 0.1) is 11.1 Å². The summed E-state index contributed by atoms with van der Waals surface area (Å²) in [6.07, 6.45) is 1.83. The molecule has 0 spiro atoms. The number of hydrogen-bond donors (Lipinski definition) is 1. The molecule has 1 N–H and O–H groups in total. The first kappa shape index (κ1) is 11.1. The number of thiophene rings is 1. The van der Waals surface area contributed by atoms with Crippen molar-refractivity contribution in [3.63, 3.8) is 0 Å². The minimum Gasteiger partial charge on any atom is -0.303 e. The van der Waals surface area contributed by atoms with Gasteiger partial charge in [0.2, 0.25) is 0 Å². The molecule has 1 atom stereocenters. The van der Waals surface area contributed by atoms with E-state index in [-0.39, 0.29) is 0 Å². The maximum absolute atomic E-state index is 5.85. The van der Waals surface area contributed by atoms with Crippen LogP contribution in [0.1, 0.15) is 22.9 Å². The summed E-state index contributed by atoms with van der Waals surface area (Å²) in [5.41, 5.74) is 0. The lowest BCUT2D eigenvalue weighted by atomic mass is 10.3. The third kappa shape index (κ3) is 3.01. The molecule has 0 radical (unpaired) electrons. The SMILES string of the molecule is CC(NCc1cc(Cl)cs1)c1nccs1. The molecule has 0 aromatic carbocycles. The molecular weight excluding hydrogens is 248 g/mol. The highest BCUT2D eigenvalue weighted by molar-refractivity contribution is 7.10. The van der Waals surface area contributed by atoms with Crippen LogP contribution < -0.4 is 5.32 Å². The van der Waals surface area contributed by atoms with Gasteiger partial charge in [-0.15, -0.1) is 22.7 Å². The van der Waals surface area contributed by atoms with Crippen molar-refractivity contribution in [1.29, 1.82) is 0 Å². The highest BCUT2D eigenvalue weighted by Gasteiger charge is 2.07. The molecule has 0 aliphatic carbocycles. The second kappa shape index (κ2) is 5.07. The number of nitrogens with zero attached hydrogens (tertiary/aromatic N) is 1. The van der Waals surface area contributed by atoms with E-state index in [1.165, 1.54) is 4.88 Å². The summed E-state index contributed by atoms with van der Waals surface area (Å²) in [6.45, 7) is 2.96. The Hall–Kier alpha value is -0.420. The number of rotatable bonds is 4. The smallest absolute Gasteiger partial charge is 0.109 e. The average molecular weight is 259 g/mol. The Kier molecular flexibility index (Phi) is 3.75. The first-order chi connectivity index (χ1) is 7.25. The van der Waals surface area contributed by atoms with Gasteiger partial charge in [-0.2, -0.15) is 0 Å². The van der Waals surface area contributed by atoms with Gasteiger partial charge in [-0.05, 0) is 13.0 Å². The molecule has 2 rings (SSSR count). The number of halogens is 1. The van der Waals surface area contributed by atoms with Gasteiger partial charge in [-0.3, -0.25) is 0 Å². The average Bonchev–Trinajstić information content (AvgIpc) is 2.84. The van der Waals surface area contributed by atoms with Crippen LogP contribution in [0, 0.1) is 0 Å². The molecule has 0 fully saturated rings. The van der Waals surface area contributed by atoms with Crippen molar-refractivity contribution >= 4 is 34.3 Å². The first-order valence-corrected chi connectivity index (χ1v) is 6.75. The molecule has 0 bridgehead atoms. The van der Waals surface area contributed by atoms with Gasteiger partial charge in [0.1, 0.15) is 5.01 Å². The fourth-order valence-electron chi connectivity index (χ4n) is 1.24. The molecule has 2 aromatic heterocycles. The zero-order valence-corrected chi connectivity index (χ0v) is 10.6. The quantitative estimate of drug-likeness (QED) is 0.904. The van der Waals surface area contributed by atoms with Crippen molar-refractivity contribution in [2.24, 2.45) is 0 Å². The third-order valence-corrected chi connectivity index (χ3v) is 4.27. The van der Waals surface area contributed by atoms with Crippen molar-refractivity contribution in [1.82, 2.24) is 10.3 Å². The van der Waals surface area contributed by atoms with E-state index < -0.39 is 0 Å². The summed E-state index contributed by atoms with van der Waals surface area (Å²) in [5, 5.41) is 9.30. The van der Waals surface area contributed by atoms with Crippen molar-refractivity contribution < 1.29 is 0 Å². The van der Waals surface area contributed by atoms with Gasteiger partial charge in [0.15, 0.2) is 0 Å². The molecule has 0 saturated carbocycles. The number of hydrogen-bond acceptors (Lipinski definition) is 4. The van der Waals surface area contributed by atoms with Crippen molar-refractivity contribution in [2.45, 2.75) is 19.5 Å². The molecule has 0 aliphatic heterocycles. The van der Waals surface area contributed by atoms with Crippen LogP contribution in [0.4, 0.5) is 0 Å². The lowest BCUT2D eigenvalue weighted by Crippen LogP contribution is -2.17. The highest BCUT2D eigenvalue weighted by Crippen LogP contribution is 2.20. The van der Waals surface area contributed by atoms with Crippen molar-refractivity contribution in [2.75, 3.05) is 0 Å². The number of nitrogens with one attached hydrogen (secondary N) is 1. The first-order valence-electron chi connectivity index (χ1n) is 4.61. The van der Waals surface area contributed by atoms with Gasteiger partial charge < -0.3 is 5.32 Å². The van der Waals surface area contributed by atoms with E-state index in [1.54, 1.807) is 22.7 Å². The van der Waals surface area contributed by atoms with Gasteiger partial charge in [-0.25, -0.2) is 4.98 Å². The monoisotopic (exact) mass is 258 g/mol. The minimum absolute atomic E-state index is 0.297. The fourth-order valence-corrected chi connectivity index (χ4v) is 2.93. The predicted molar refractivity (Wildman–Crippen MR) is 66.7 cm³/mol. The maximum Gasteiger partial charge on any atom is 0.109 e. The molecule has 2 nitrogen and oxygen atoms in total. The Morgan fingerprint density at radius 1 is 1.53 bits per heavy atom. The Labute approximate surface area is 102 Å². The standard InChI is InChI=1S/C10H11ClN2S2/c1-7(10-12-2-3-14-10)13-5-9-4-8(11)6-15-9/h2-4,6-7,13H,5H2,1H3. The van der Waals surface area contributed by atoms with E-state index in [4.69, 9.17) is 11.6 Å². The Morgan fingerprint density at radius 2 is 2.40 bits per heavy atom. The summed E-state index contributed by atoms with van der Waals surface area (Å²) in [5.74, 6) is 0. The van der Waals surface area contributed by atoms with E-state index in [9.17, 15) is 0 Å². The second-order valence-electron chi connectivity index (χ2n) is 3.20. The minimum atomic E-state index is 0.297. The van der Waals surface area contributed by atoms with Crippen LogP contribution in [0.5, 0.6) is 0 Å². The largest absolute Gasteiger partial charge is 0.303 e. The van der Waals surface area contributed by atoms with E-state index in [2.05, 4.69) is 17.2 Å². The molecule has 2 aromatic rings. The van der Waals surface area contributed by atoms with Gasteiger partial charge in [0.25, 0.3) is 0 Å². The van der Waals surface area contributed by atoms with Gasteiger partial charge >= 0.3 is 0 Å². The topological polar surface area (TPSA) is 24.9 Å². The Morgan fingerprint density at radius 3 is 3.00 bits per heavy atom. The second-order valence-corrected chi connectivity index (χ2v) is 5.56. The zero-order chi connectivity index (χ0) is 10.7. The molecule has 0 amide bonds. The molecule has 1 unspecified atom stereocenters.